The fraction of sp³-hybridized carbons (Fsp3) is 0.400. The highest BCUT2D eigenvalue weighted by Crippen LogP contribution is 2.23. The van der Waals surface area contributed by atoms with Gasteiger partial charge >= 0.3 is 0 Å². The second kappa shape index (κ2) is 6.27. The van der Waals surface area contributed by atoms with E-state index in [1.54, 1.807) is 0 Å². The Labute approximate surface area is 114 Å². The molecule has 0 atom stereocenters. The highest BCUT2D eigenvalue weighted by Gasteiger charge is 2.06. The Kier molecular flexibility index (Phi) is 4.44. The zero-order chi connectivity index (χ0) is 13.7. The van der Waals surface area contributed by atoms with Gasteiger partial charge in [0.05, 0.1) is 12.3 Å². The maximum Gasteiger partial charge on any atom is 0.123 e. The van der Waals surface area contributed by atoms with E-state index in [-0.39, 0.29) is 0 Å². The topological polar surface area (TPSA) is 53.1 Å². The first kappa shape index (κ1) is 13.5. The quantitative estimate of drug-likeness (QED) is 0.810. The number of rotatable bonds is 6. The number of nitrogen functional groups attached to an aromatic ring is 1. The van der Waals surface area contributed by atoms with Gasteiger partial charge in [-0.3, -0.25) is 0 Å². The molecule has 2 aromatic rings. The van der Waals surface area contributed by atoms with Gasteiger partial charge in [0.2, 0.25) is 0 Å². The van der Waals surface area contributed by atoms with Crippen LogP contribution in [0, 0.1) is 0 Å². The summed E-state index contributed by atoms with van der Waals surface area (Å²) in [4.78, 5) is 4.39. The van der Waals surface area contributed by atoms with Gasteiger partial charge in [-0.25, -0.2) is 4.98 Å². The molecule has 1 heterocycles. The van der Waals surface area contributed by atoms with Gasteiger partial charge < -0.3 is 15.0 Å². The van der Waals surface area contributed by atoms with Gasteiger partial charge in [0.15, 0.2) is 0 Å². The van der Waals surface area contributed by atoms with E-state index in [0.29, 0.717) is 12.3 Å². The lowest BCUT2D eigenvalue weighted by molar-refractivity contribution is 0.317. The van der Waals surface area contributed by atoms with E-state index in [0.717, 1.165) is 36.5 Å². The number of anilines is 1. The summed E-state index contributed by atoms with van der Waals surface area (Å²) < 4.78 is 7.73. The highest BCUT2D eigenvalue weighted by atomic mass is 16.5. The fourth-order valence-corrected chi connectivity index (χ4v) is 2.03. The molecular formula is C15H21N3O. The molecule has 4 heteroatoms. The van der Waals surface area contributed by atoms with Crippen LogP contribution in [0.5, 0.6) is 5.75 Å². The molecule has 1 aromatic carbocycles. The van der Waals surface area contributed by atoms with Crippen LogP contribution in [-0.4, -0.2) is 16.2 Å². The lowest BCUT2D eigenvalue weighted by atomic mass is 10.2. The molecule has 2 rings (SSSR count). The third-order valence-electron chi connectivity index (χ3n) is 2.86. The Bertz CT molecular complexity index is 534. The SMILES string of the molecule is CCCOc1cc(N)cc(-n2ccnc2CCC)c1. The minimum atomic E-state index is 0.703. The minimum Gasteiger partial charge on any atom is -0.493 e. The predicted octanol–water partition coefficient (Wildman–Crippen LogP) is 3.20. The zero-order valence-electron chi connectivity index (χ0n) is 11.6. The van der Waals surface area contributed by atoms with Crippen molar-refractivity contribution in [3.63, 3.8) is 0 Å². The lowest BCUT2D eigenvalue weighted by Crippen LogP contribution is -2.03. The Morgan fingerprint density at radius 3 is 2.79 bits per heavy atom. The van der Waals surface area contributed by atoms with E-state index in [4.69, 9.17) is 10.5 Å². The third kappa shape index (κ3) is 3.28. The average Bonchev–Trinajstić information content (AvgIpc) is 2.84. The molecule has 0 aliphatic rings. The molecule has 0 fully saturated rings. The van der Waals surface area contributed by atoms with Crippen molar-refractivity contribution in [3.05, 3.63) is 36.4 Å². The summed E-state index contributed by atoms with van der Waals surface area (Å²) in [6, 6.07) is 5.81. The number of aromatic nitrogens is 2. The Morgan fingerprint density at radius 1 is 1.21 bits per heavy atom. The summed E-state index contributed by atoms with van der Waals surface area (Å²) in [6.07, 6.45) is 6.78. The lowest BCUT2D eigenvalue weighted by Gasteiger charge is -2.11. The molecule has 19 heavy (non-hydrogen) atoms. The molecule has 1 aromatic heterocycles. The van der Waals surface area contributed by atoms with Crippen LogP contribution in [0.25, 0.3) is 5.69 Å². The van der Waals surface area contributed by atoms with Crippen LogP contribution in [0.1, 0.15) is 32.5 Å². The summed E-state index contributed by atoms with van der Waals surface area (Å²) >= 11 is 0. The van der Waals surface area contributed by atoms with Crippen molar-refractivity contribution >= 4 is 5.69 Å². The number of nitrogens with two attached hydrogens (primary N) is 1. The van der Waals surface area contributed by atoms with E-state index in [9.17, 15) is 0 Å². The molecule has 102 valence electrons. The number of benzene rings is 1. The van der Waals surface area contributed by atoms with Gasteiger partial charge in [0, 0.05) is 36.6 Å². The predicted molar refractivity (Wildman–Crippen MR) is 77.8 cm³/mol. The van der Waals surface area contributed by atoms with E-state index in [1.807, 2.05) is 30.6 Å². The maximum absolute atomic E-state index is 5.95. The van der Waals surface area contributed by atoms with Crippen molar-refractivity contribution in [2.24, 2.45) is 0 Å². The number of hydrogen-bond acceptors (Lipinski definition) is 3. The maximum atomic E-state index is 5.95. The van der Waals surface area contributed by atoms with Crippen LogP contribution >= 0.6 is 0 Å². The number of aryl methyl sites for hydroxylation is 1. The van der Waals surface area contributed by atoms with E-state index >= 15 is 0 Å². The van der Waals surface area contributed by atoms with Crippen LogP contribution in [0.2, 0.25) is 0 Å². The van der Waals surface area contributed by atoms with Gasteiger partial charge in [-0.1, -0.05) is 13.8 Å². The Morgan fingerprint density at radius 2 is 2.05 bits per heavy atom. The summed E-state index contributed by atoms with van der Waals surface area (Å²) in [7, 11) is 0. The molecule has 0 spiro atoms. The summed E-state index contributed by atoms with van der Waals surface area (Å²) in [5.41, 5.74) is 7.66. The second-order valence-electron chi connectivity index (χ2n) is 4.57. The van der Waals surface area contributed by atoms with Crippen molar-refractivity contribution in [1.29, 1.82) is 0 Å². The number of hydrogen-bond donors (Lipinski definition) is 1. The van der Waals surface area contributed by atoms with Gasteiger partial charge in [-0.05, 0) is 18.9 Å². The smallest absolute Gasteiger partial charge is 0.123 e. The van der Waals surface area contributed by atoms with Gasteiger partial charge in [-0.15, -0.1) is 0 Å². The molecule has 0 aliphatic carbocycles. The number of nitrogens with zero attached hydrogens (tertiary/aromatic N) is 2. The van der Waals surface area contributed by atoms with E-state index in [1.165, 1.54) is 0 Å². The average molecular weight is 259 g/mol. The summed E-state index contributed by atoms with van der Waals surface area (Å²) in [5, 5.41) is 0. The normalized spacial score (nSPS) is 10.6. The first-order valence-corrected chi connectivity index (χ1v) is 6.80. The Balaban J connectivity index is 2.32. The monoisotopic (exact) mass is 259 g/mol. The van der Waals surface area contributed by atoms with Crippen molar-refractivity contribution in [2.75, 3.05) is 12.3 Å². The molecule has 4 nitrogen and oxygen atoms in total. The molecule has 0 aliphatic heterocycles. The molecule has 0 unspecified atom stereocenters. The van der Waals surface area contributed by atoms with E-state index in [2.05, 4.69) is 23.4 Å². The van der Waals surface area contributed by atoms with Crippen LogP contribution in [0.3, 0.4) is 0 Å². The van der Waals surface area contributed by atoms with Crippen LogP contribution in [-0.2, 0) is 6.42 Å². The van der Waals surface area contributed by atoms with Gasteiger partial charge in [0.1, 0.15) is 11.6 Å². The molecule has 2 N–H and O–H groups in total. The second-order valence-corrected chi connectivity index (χ2v) is 4.57. The van der Waals surface area contributed by atoms with Crippen molar-refractivity contribution in [2.45, 2.75) is 33.1 Å². The first-order valence-electron chi connectivity index (χ1n) is 6.80. The van der Waals surface area contributed by atoms with Crippen LogP contribution in [0.15, 0.2) is 30.6 Å². The largest absolute Gasteiger partial charge is 0.493 e. The van der Waals surface area contributed by atoms with Crippen molar-refractivity contribution < 1.29 is 4.74 Å². The standard InChI is InChI=1S/C15H21N3O/c1-3-5-15-17-6-7-18(15)13-9-12(16)10-14(11-13)19-8-4-2/h6-7,9-11H,3-5,8,16H2,1-2H3. The molecule has 0 amide bonds. The number of ether oxygens (including phenoxy) is 1. The van der Waals surface area contributed by atoms with Crippen LogP contribution < -0.4 is 10.5 Å². The zero-order valence-corrected chi connectivity index (χ0v) is 11.6. The third-order valence-corrected chi connectivity index (χ3v) is 2.86. The van der Waals surface area contributed by atoms with Crippen molar-refractivity contribution in [1.82, 2.24) is 9.55 Å². The van der Waals surface area contributed by atoms with Crippen molar-refractivity contribution in [3.8, 4) is 11.4 Å². The molecule has 0 saturated heterocycles. The fourth-order valence-electron chi connectivity index (χ4n) is 2.03. The summed E-state index contributed by atoms with van der Waals surface area (Å²) in [6.45, 7) is 4.94. The van der Waals surface area contributed by atoms with Gasteiger partial charge in [0.25, 0.3) is 0 Å². The molecule has 0 radical (unpaired) electrons. The number of imidazole rings is 1. The Hall–Kier alpha value is -1.97. The first-order chi connectivity index (χ1) is 9.24. The molecule has 0 saturated carbocycles. The van der Waals surface area contributed by atoms with E-state index < -0.39 is 0 Å². The minimum absolute atomic E-state index is 0.703. The van der Waals surface area contributed by atoms with Crippen LogP contribution in [0.4, 0.5) is 5.69 Å². The summed E-state index contributed by atoms with van der Waals surface area (Å²) in [5.74, 6) is 1.86. The molecule has 0 bridgehead atoms. The van der Waals surface area contributed by atoms with Gasteiger partial charge in [-0.2, -0.15) is 0 Å². The molecular weight excluding hydrogens is 238 g/mol. The highest BCUT2D eigenvalue weighted by molar-refractivity contribution is 5.54.